The molecule has 0 aliphatic carbocycles. The third-order valence-corrected chi connectivity index (χ3v) is 4.66. The van der Waals surface area contributed by atoms with Crippen molar-refractivity contribution in [2.45, 2.75) is 5.33 Å². The summed E-state index contributed by atoms with van der Waals surface area (Å²) in [5.41, 5.74) is 1.28. The van der Waals surface area contributed by atoms with Gasteiger partial charge in [0.2, 0.25) is 0 Å². The molecule has 0 fully saturated rings. The van der Waals surface area contributed by atoms with E-state index in [9.17, 15) is 0 Å². The predicted octanol–water partition coefficient (Wildman–Crippen LogP) is 5.21. The van der Waals surface area contributed by atoms with Gasteiger partial charge in [0.05, 0.1) is 9.04 Å². The molecule has 1 aromatic heterocycles. The summed E-state index contributed by atoms with van der Waals surface area (Å²) in [6.07, 6.45) is 0. The molecule has 0 aliphatic rings. The molecule has 68 valence electrons. The molecule has 0 unspecified atom stereocenters. The van der Waals surface area contributed by atoms with Gasteiger partial charge in [0.25, 0.3) is 0 Å². The standard InChI is InChI=1S/C9H5Br2ClS/c10-4-5-1-2-7(11)9-6(5)3-8(12)13-9/h1-3H,4H2. The van der Waals surface area contributed by atoms with Crippen LogP contribution in [-0.2, 0) is 5.33 Å². The van der Waals surface area contributed by atoms with E-state index >= 15 is 0 Å². The van der Waals surface area contributed by atoms with Crippen molar-refractivity contribution in [2.75, 3.05) is 0 Å². The van der Waals surface area contributed by atoms with Crippen molar-refractivity contribution < 1.29 is 0 Å². The van der Waals surface area contributed by atoms with Gasteiger partial charge in [-0.15, -0.1) is 11.3 Å². The molecular weight excluding hydrogens is 335 g/mol. The average molecular weight is 340 g/mol. The van der Waals surface area contributed by atoms with Crippen molar-refractivity contribution in [3.63, 3.8) is 0 Å². The summed E-state index contributed by atoms with van der Waals surface area (Å²) in [5, 5.41) is 2.10. The van der Waals surface area contributed by atoms with Gasteiger partial charge in [-0.25, -0.2) is 0 Å². The first-order chi connectivity index (χ1) is 6.22. The Balaban J connectivity index is 2.83. The fourth-order valence-electron chi connectivity index (χ4n) is 1.23. The molecule has 13 heavy (non-hydrogen) atoms. The second-order valence-electron chi connectivity index (χ2n) is 2.63. The maximum absolute atomic E-state index is 5.97. The van der Waals surface area contributed by atoms with Gasteiger partial charge in [-0.05, 0) is 39.0 Å². The minimum absolute atomic E-state index is 0.837. The van der Waals surface area contributed by atoms with Crippen molar-refractivity contribution in [1.82, 2.24) is 0 Å². The predicted molar refractivity (Wildman–Crippen MR) is 67.2 cm³/mol. The second-order valence-corrected chi connectivity index (χ2v) is 5.73. The number of fused-ring (bicyclic) bond motifs is 1. The van der Waals surface area contributed by atoms with Gasteiger partial charge in [0, 0.05) is 9.80 Å². The highest BCUT2D eigenvalue weighted by atomic mass is 79.9. The van der Waals surface area contributed by atoms with E-state index < -0.39 is 0 Å². The van der Waals surface area contributed by atoms with Crippen LogP contribution in [0.2, 0.25) is 4.34 Å². The topological polar surface area (TPSA) is 0 Å². The number of rotatable bonds is 1. The highest BCUT2D eigenvalue weighted by molar-refractivity contribution is 9.10. The summed E-state index contributed by atoms with van der Waals surface area (Å²) in [4.78, 5) is 0. The highest BCUT2D eigenvalue weighted by Crippen LogP contribution is 2.37. The maximum atomic E-state index is 5.97. The zero-order valence-corrected chi connectivity index (χ0v) is 11.2. The molecule has 0 nitrogen and oxygen atoms in total. The molecule has 0 N–H and O–H groups in total. The fraction of sp³-hybridized carbons (Fsp3) is 0.111. The number of hydrogen-bond acceptors (Lipinski definition) is 1. The van der Waals surface area contributed by atoms with Gasteiger partial charge in [-0.1, -0.05) is 33.6 Å². The molecular formula is C9H5Br2ClS. The summed E-state index contributed by atoms with van der Waals surface area (Å²) < 4.78 is 3.18. The second kappa shape index (κ2) is 3.89. The molecule has 0 bridgehead atoms. The Morgan fingerprint density at radius 1 is 1.38 bits per heavy atom. The molecule has 0 amide bonds. The Hall–Kier alpha value is 0.430. The van der Waals surface area contributed by atoms with Crippen LogP contribution in [0.5, 0.6) is 0 Å². The largest absolute Gasteiger partial charge is 0.122 e. The molecule has 0 aliphatic heterocycles. The van der Waals surface area contributed by atoms with E-state index in [4.69, 9.17) is 11.6 Å². The van der Waals surface area contributed by atoms with Gasteiger partial charge < -0.3 is 0 Å². The van der Waals surface area contributed by atoms with Crippen molar-refractivity contribution in [2.24, 2.45) is 0 Å². The van der Waals surface area contributed by atoms with Crippen LogP contribution in [0.4, 0.5) is 0 Å². The quantitative estimate of drug-likeness (QED) is 0.625. The van der Waals surface area contributed by atoms with E-state index in [-0.39, 0.29) is 0 Å². The van der Waals surface area contributed by atoms with Crippen LogP contribution in [0.3, 0.4) is 0 Å². The third-order valence-electron chi connectivity index (χ3n) is 1.84. The molecule has 1 aromatic carbocycles. The van der Waals surface area contributed by atoms with Crippen molar-refractivity contribution in [3.8, 4) is 0 Å². The summed E-state index contributed by atoms with van der Waals surface area (Å²) in [5.74, 6) is 0. The van der Waals surface area contributed by atoms with Crippen molar-refractivity contribution in [3.05, 3.63) is 32.6 Å². The van der Waals surface area contributed by atoms with Crippen molar-refractivity contribution >= 4 is 64.9 Å². The van der Waals surface area contributed by atoms with Crippen LogP contribution >= 0.6 is 54.8 Å². The first-order valence-electron chi connectivity index (χ1n) is 3.65. The van der Waals surface area contributed by atoms with Crippen LogP contribution in [0.25, 0.3) is 10.1 Å². The van der Waals surface area contributed by atoms with Gasteiger partial charge in [0.1, 0.15) is 0 Å². The number of hydrogen-bond donors (Lipinski definition) is 0. The molecule has 2 rings (SSSR count). The minimum atomic E-state index is 0.837. The normalized spacial score (nSPS) is 11.0. The Morgan fingerprint density at radius 2 is 2.15 bits per heavy atom. The Bertz CT molecular complexity index is 450. The van der Waals surface area contributed by atoms with Crippen molar-refractivity contribution in [1.29, 1.82) is 0 Å². The molecule has 0 radical (unpaired) electrons. The van der Waals surface area contributed by atoms with E-state index in [0.717, 1.165) is 14.1 Å². The highest BCUT2D eigenvalue weighted by Gasteiger charge is 2.07. The Kier molecular flexibility index (Phi) is 2.98. The molecule has 0 saturated carbocycles. The zero-order valence-electron chi connectivity index (χ0n) is 6.48. The molecule has 0 spiro atoms. The van der Waals surface area contributed by atoms with Crippen LogP contribution in [0.1, 0.15) is 5.56 Å². The molecule has 2 aromatic rings. The van der Waals surface area contributed by atoms with E-state index in [2.05, 4.69) is 44.0 Å². The van der Waals surface area contributed by atoms with Crippen LogP contribution < -0.4 is 0 Å². The summed E-state index contributed by atoms with van der Waals surface area (Å²) in [7, 11) is 0. The van der Waals surface area contributed by atoms with Gasteiger partial charge in [-0.2, -0.15) is 0 Å². The number of thiophene rings is 1. The number of benzene rings is 1. The van der Waals surface area contributed by atoms with Gasteiger partial charge in [-0.3, -0.25) is 0 Å². The zero-order chi connectivity index (χ0) is 9.42. The molecule has 1 heterocycles. The Labute approximate surface area is 102 Å². The number of alkyl halides is 1. The first kappa shape index (κ1) is 9.97. The monoisotopic (exact) mass is 338 g/mol. The molecule has 0 saturated heterocycles. The van der Waals surface area contributed by atoms with Crippen LogP contribution in [0.15, 0.2) is 22.7 Å². The van der Waals surface area contributed by atoms with E-state index in [1.165, 1.54) is 15.6 Å². The Morgan fingerprint density at radius 3 is 2.85 bits per heavy atom. The van der Waals surface area contributed by atoms with E-state index in [0.29, 0.717) is 0 Å². The summed E-state index contributed by atoms with van der Waals surface area (Å²) in [6.45, 7) is 0. The van der Waals surface area contributed by atoms with Crippen LogP contribution in [0, 0.1) is 0 Å². The lowest BCUT2D eigenvalue weighted by Crippen LogP contribution is -1.77. The maximum Gasteiger partial charge on any atom is 0.0941 e. The lowest BCUT2D eigenvalue weighted by Gasteiger charge is -1.99. The third kappa shape index (κ3) is 1.80. The molecule has 0 atom stereocenters. The average Bonchev–Trinajstić information content (AvgIpc) is 2.48. The summed E-state index contributed by atoms with van der Waals surface area (Å²) >= 11 is 14.5. The number of halogens is 3. The first-order valence-corrected chi connectivity index (χ1v) is 6.75. The van der Waals surface area contributed by atoms with Crippen LogP contribution in [-0.4, -0.2) is 0 Å². The van der Waals surface area contributed by atoms with Gasteiger partial charge in [0.15, 0.2) is 0 Å². The SMILES string of the molecule is Clc1cc2c(CBr)ccc(Br)c2s1. The van der Waals surface area contributed by atoms with Gasteiger partial charge >= 0.3 is 0 Å². The smallest absolute Gasteiger partial charge is 0.0941 e. The lowest BCUT2D eigenvalue weighted by atomic mass is 10.2. The minimum Gasteiger partial charge on any atom is -0.122 e. The summed E-state index contributed by atoms with van der Waals surface area (Å²) in [6, 6.07) is 6.18. The molecule has 4 heteroatoms. The van der Waals surface area contributed by atoms with E-state index in [1.807, 2.05) is 6.07 Å². The van der Waals surface area contributed by atoms with E-state index in [1.54, 1.807) is 11.3 Å². The lowest BCUT2D eigenvalue weighted by molar-refractivity contribution is 1.50. The fourth-order valence-corrected chi connectivity index (χ4v) is 3.49.